The summed E-state index contributed by atoms with van der Waals surface area (Å²) in [6.07, 6.45) is 2.21. The van der Waals surface area contributed by atoms with Gasteiger partial charge >= 0.3 is 0 Å². The summed E-state index contributed by atoms with van der Waals surface area (Å²) in [6.45, 7) is 4.56. The van der Waals surface area contributed by atoms with Crippen molar-refractivity contribution in [2.75, 3.05) is 6.61 Å². The third-order valence-electron chi connectivity index (χ3n) is 1.41. The molecular formula is C6H14OPb. The largest absolute Gasteiger partial charge is 0.396 e. The molecular weight excluding hydrogens is 295 g/mol. The van der Waals surface area contributed by atoms with Crippen LogP contribution in [0, 0.1) is 5.92 Å². The van der Waals surface area contributed by atoms with Crippen LogP contribution in [0.15, 0.2) is 0 Å². The van der Waals surface area contributed by atoms with Crippen LogP contribution in [0.3, 0.4) is 0 Å². The van der Waals surface area contributed by atoms with Crippen molar-refractivity contribution in [3.63, 3.8) is 0 Å². The van der Waals surface area contributed by atoms with Gasteiger partial charge in [-0.3, -0.25) is 0 Å². The molecule has 1 nitrogen and oxygen atoms in total. The van der Waals surface area contributed by atoms with Crippen LogP contribution in [0.1, 0.15) is 26.7 Å². The summed E-state index contributed by atoms with van der Waals surface area (Å²) in [6, 6.07) is 0. The van der Waals surface area contributed by atoms with Crippen molar-refractivity contribution in [3.05, 3.63) is 0 Å². The van der Waals surface area contributed by atoms with Gasteiger partial charge in [0, 0.05) is 33.9 Å². The minimum Gasteiger partial charge on any atom is -0.396 e. The van der Waals surface area contributed by atoms with E-state index in [1.165, 1.54) is 0 Å². The quantitative estimate of drug-likeness (QED) is 0.772. The van der Waals surface area contributed by atoms with Crippen LogP contribution >= 0.6 is 0 Å². The predicted octanol–water partition coefficient (Wildman–Crippen LogP) is 1.03. The standard InChI is InChI=1S/C6H14O.Pb/c1-3-6(4-2)5-7;/h6-7H,3-5H2,1-2H3;. The van der Waals surface area contributed by atoms with Crippen LogP contribution < -0.4 is 0 Å². The maximum absolute atomic E-state index is 8.53. The Hall–Kier alpha value is 0.882. The van der Waals surface area contributed by atoms with E-state index in [2.05, 4.69) is 13.8 Å². The maximum Gasteiger partial charge on any atom is 0.0459 e. The van der Waals surface area contributed by atoms with E-state index in [1.54, 1.807) is 0 Å². The molecule has 0 bridgehead atoms. The minimum absolute atomic E-state index is 0. The Bertz CT molecular complexity index is 30.0. The zero-order chi connectivity index (χ0) is 5.70. The van der Waals surface area contributed by atoms with Gasteiger partial charge in [0.2, 0.25) is 0 Å². The van der Waals surface area contributed by atoms with Crippen molar-refractivity contribution in [2.45, 2.75) is 26.7 Å². The molecule has 0 amide bonds. The molecule has 0 aliphatic carbocycles. The van der Waals surface area contributed by atoms with Gasteiger partial charge in [-0.1, -0.05) is 26.7 Å². The summed E-state index contributed by atoms with van der Waals surface area (Å²) in [5.41, 5.74) is 0. The molecule has 4 radical (unpaired) electrons. The van der Waals surface area contributed by atoms with Crippen LogP contribution in [0.2, 0.25) is 0 Å². The van der Waals surface area contributed by atoms with Gasteiger partial charge in [0.25, 0.3) is 0 Å². The first-order valence-corrected chi connectivity index (χ1v) is 2.96. The Kier molecular flexibility index (Phi) is 11.5. The third-order valence-corrected chi connectivity index (χ3v) is 1.41. The second-order valence-corrected chi connectivity index (χ2v) is 1.87. The average Bonchev–Trinajstić information content (AvgIpc) is 1.72. The van der Waals surface area contributed by atoms with Crippen LogP contribution in [-0.4, -0.2) is 39.0 Å². The molecule has 0 aromatic heterocycles. The molecule has 48 valence electrons. The SMILES string of the molecule is CCC(CC)CO.[Pb]. The number of rotatable bonds is 3. The summed E-state index contributed by atoms with van der Waals surface area (Å²) < 4.78 is 0. The second-order valence-electron chi connectivity index (χ2n) is 1.87. The third kappa shape index (κ3) is 5.03. The van der Waals surface area contributed by atoms with E-state index >= 15 is 0 Å². The van der Waals surface area contributed by atoms with E-state index in [4.69, 9.17) is 5.11 Å². The Morgan fingerprint density at radius 2 is 1.62 bits per heavy atom. The Labute approximate surface area is 71.6 Å². The Morgan fingerprint density at radius 3 is 1.62 bits per heavy atom. The van der Waals surface area contributed by atoms with Gasteiger partial charge < -0.3 is 5.11 Å². The molecule has 0 spiro atoms. The van der Waals surface area contributed by atoms with Gasteiger partial charge in [0.1, 0.15) is 0 Å². The average molecular weight is 309 g/mol. The summed E-state index contributed by atoms with van der Waals surface area (Å²) in [5.74, 6) is 0.542. The van der Waals surface area contributed by atoms with Crippen LogP contribution in [0.25, 0.3) is 0 Å². The van der Waals surface area contributed by atoms with Crippen molar-refractivity contribution in [1.82, 2.24) is 0 Å². The fourth-order valence-electron chi connectivity index (χ4n) is 0.547. The first-order chi connectivity index (χ1) is 3.35. The first kappa shape index (κ1) is 11.7. The van der Waals surface area contributed by atoms with E-state index < -0.39 is 0 Å². The zero-order valence-corrected chi connectivity index (χ0v) is 9.53. The monoisotopic (exact) mass is 310 g/mol. The van der Waals surface area contributed by atoms with Crippen molar-refractivity contribution < 1.29 is 5.11 Å². The van der Waals surface area contributed by atoms with Crippen LogP contribution in [0.4, 0.5) is 0 Å². The number of aliphatic hydroxyl groups excluding tert-OH is 1. The van der Waals surface area contributed by atoms with E-state index in [0.29, 0.717) is 12.5 Å². The summed E-state index contributed by atoms with van der Waals surface area (Å²) in [5, 5.41) is 8.53. The van der Waals surface area contributed by atoms with E-state index in [0.717, 1.165) is 12.8 Å². The molecule has 0 heterocycles. The van der Waals surface area contributed by atoms with E-state index in [-0.39, 0.29) is 27.3 Å². The molecule has 0 rings (SSSR count). The summed E-state index contributed by atoms with van der Waals surface area (Å²) in [7, 11) is 0. The molecule has 0 fully saturated rings. The van der Waals surface area contributed by atoms with Gasteiger partial charge in [-0.25, -0.2) is 0 Å². The van der Waals surface area contributed by atoms with Gasteiger partial charge in [-0.2, -0.15) is 0 Å². The second kappa shape index (κ2) is 7.88. The normalized spacial score (nSPS) is 9.00. The van der Waals surface area contributed by atoms with E-state index in [1.807, 2.05) is 0 Å². The van der Waals surface area contributed by atoms with Crippen molar-refractivity contribution in [2.24, 2.45) is 5.92 Å². The van der Waals surface area contributed by atoms with Crippen molar-refractivity contribution in [3.8, 4) is 0 Å². The summed E-state index contributed by atoms with van der Waals surface area (Å²) in [4.78, 5) is 0. The van der Waals surface area contributed by atoms with Crippen LogP contribution in [-0.2, 0) is 0 Å². The molecule has 0 saturated heterocycles. The first-order valence-electron chi connectivity index (χ1n) is 2.96. The number of hydrogen-bond donors (Lipinski definition) is 1. The van der Waals surface area contributed by atoms with Crippen molar-refractivity contribution >= 4 is 27.3 Å². The van der Waals surface area contributed by atoms with Crippen molar-refractivity contribution in [1.29, 1.82) is 0 Å². The molecule has 0 saturated carbocycles. The maximum atomic E-state index is 8.53. The predicted molar refractivity (Wildman–Crippen MR) is 36.9 cm³/mol. The van der Waals surface area contributed by atoms with Gasteiger partial charge in [-0.15, -0.1) is 0 Å². The molecule has 0 aliphatic heterocycles. The Balaban J connectivity index is 0. The number of hydrogen-bond acceptors (Lipinski definition) is 1. The topological polar surface area (TPSA) is 20.2 Å². The molecule has 0 aromatic carbocycles. The fraction of sp³-hybridized carbons (Fsp3) is 1.00. The molecule has 0 aromatic rings. The smallest absolute Gasteiger partial charge is 0.0459 e. The summed E-state index contributed by atoms with van der Waals surface area (Å²) >= 11 is 0. The van der Waals surface area contributed by atoms with Gasteiger partial charge in [0.15, 0.2) is 0 Å². The Morgan fingerprint density at radius 1 is 1.25 bits per heavy atom. The molecule has 8 heavy (non-hydrogen) atoms. The molecule has 2 heteroatoms. The molecule has 0 aliphatic rings. The van der Waals surface area contributed by atoms with Crippen LogP contribution in [0.5, 0.6) is 0 Å². The zero-order valence-electron chi connectivity index (χ0n) is 5.65. The fourth-order valence-corrected chi connectivity index (χ4v) is 0.547. The van der Waals surface area contributed by atoms with Gasteiger partial charge in [-0.05, 0) is 5.92 Å². The molecule has 0 unspecified atom stereocenters. The molecule has 1 N–H and O–H groups in total. The molecule has 0 atom stereocenters. The van der Waals surface area contributed by atoms with E-state index in [9.17, 15) is 0 Å². The minimum atomic E-state index is 0. The number of aliphatic hydroxyl groups is 1. The van der Waals surface area contributed by atoms with Gasteiger partial charge in [0.05, 0.1) is 0 Å².